The smallest absolute Gasteiger partial charge is 0.237 e. The van der Waals surface area contributed by atoms with Crippen molar-refractivity contribution in [2.75, 3.05) is 37.6 Å². The number of hydrogen-bond donors (Lipinski definition) is 1. The van der Waals surface area contributed by atoms with Crippen LogP contribution in [0.2, 0.25) is 0 Å². The largest absolute Gasteiger partial charge is 0.361 e. The lowest BCUT2D eigenvalue weighted by atomic mass is 9.99. The Balaban J connectivity index is 1.21. The highest BCUT2D eigenvalue weighted by Crippen LogP contribution is 2.29. The second-order valence-electron chi connectivity index (χ2n) is 9.04. The van der Waals surface area contributed by atoms with Gasteiger partial charge in [-0.15, -0.1) is 0 Å². The minimum Gasteiger partial charge on any atom is -0.361 e. The number of aromatic nitrogens is 3. The van der Waals surface area contributed by atoms with Gasteiger partial charge in [0.2, 0.25) is 11.9 Å². The first-order valence-corrected chi connectivity index (χ1v) is 11.5. The van der Waals surface area contributed by atoms with E-state index in [2.05, 4.69) is 69.1 Å². The van der Waals surface area contributed by atoms with Gasteiger partial charge in [0.15, 0.2) is 5.82 Å². The average Bonchev–Trinajstić information content (AvgIpc) is 3.26. The van der Waals surface area contributed by atoms with Gasteiger partial charge in [0.1, 0.15) is 0 Å². The molecule has 33 heavy (non-hydrogen) atoms. The monoisotopic (exact) mass is 448 g/mol. The number of nitrogens with zero attached hydrogens (tertiary/aromatic N) is 5. The number of nitrogens with one attached hydrogen (secondary N) is 1. The van der Waals surface area contributed by atoms with Crippen LogP contribution in [0.1, 0.15) is 25.8 Å². The number of benzene rings is 1. The molecule has 0 spiro atoms. The first-order valence-electron chi connectivity index (χ1n) is 11.5. The molecule has 0 unspecified atom stereocenters. The van der Waals surface area contributed by atoms with Crippen LogP contribution in [0.15, 0.2) is 48.9 Å². The molecule has 7 nitrogen and oxygen atoms in total. The van der Waals surface area contributed by atoms with Gasteiger partial charge in [-0.05, 0) is 31.9 Å². The summed E-state index contributed by atoms with van der Waals surface area (Å²) in [7, 11) is 0. The van der Waals surface area contributed by atoms with Crippen molar-refractivity contribution < 1.29 is 9.18 Å². The van der Waals surface area contributed by atoms with Crippen LogP contribution in [0.5, 0.6) is 0 Å². The van der Waals surface area contributed by atoms with Gasteiger partial charge in [0, 0.05) is 60.9 Å². The van der Waals surface area contributed by atoms with E-state index in [0.29, 0.717) is 32.1 Å². The molecule has 5 rings (SSSR count). The van der Waals surface area contributed by atoms with Crippen molar-refractivity contribution in [1.82, 2.24) is 24.8 Å². The summed E-state index contributed by atoms with van der Waals surface area (Å²) in [6.07, 6.45) is 7.51. The predicted molar refractivity (Wildman–Crippen MR) is 127 cm³/mol. The number of halogens is 1. The molecule has 3 aromatic rings. The van der Waals surface area contributed by atoms with Gasteiger partial charge in [-0.25, -0.2) is 14.4 Å². The van der Waals surface area contributed by atoms with Crippen molar-refractivity contribution >= 4 is 28.3 Å². The van der Waals surface area contributed by atoms with Gasteiger partial charge in [0.05, 0.1) is 18.9 Å². The molecule has 0 radical (unpaired) electrons. The molecule has 1 aromatic carbocycles. The Morgan fingerprint density at radius 3 is 2.58 bits per heavy atom. The van der Waals surface area contributed by atoms with E-state index in [1.165, 1.54) is 28.9 Å². The summed E-state index contributed by atoms with van der Waals surface area (Å²) in [4.78, 5) is 31.0. The fraction of sp³-hybridized carbons (Fsp3) is 0.400. The van der Waals surface area contributed by atoms with E-state index in [4.69, 9.17) is 0 Å². The van der Waals surface area contributed by atoms with Crippen LogP contribution >= 0.6 is 0 Å². The number of carbonyl (C=O) groups is 1. The number of aromatic amines is 1. The fourth-order valence-corrected chi connectivity index (χ4v) is 5.03. The van der Waals surface area contributed by atoms with Crippen molar-refractivity contribution in [1.29, 1.82) is 0 Å². The molecular weight excluding hydrogens is 419 g/mol. The first-order chi connectivity index (χ1) is 16.0. The summed E-state index contributed by atoms with van der Waals surface area (Å²) in [5.74, 6) is 0.258. The van der Waals surface area contributed by atoms with E-state index in [1.807, 2.05) is 11.0 Å². The normalized spacial score (nSPS) is 22.0. The summed E-state index contributed by atoms with van der Waals surface area (Å²) in [6.45, 7) is 7.41. The zero-order valence-corrected chi connectivity index (χ0v) is 19.0. The topological polar surface area (TPSA) is 68.4 Å². The molecule has 0 aliphatic carbocycles. The number of hydrogen-bond acceptors (Lipinski definition) is 5. The summed E-state index contributed by atoms with van der Waals surface area (Å²) >= 11 is 0. The maximum Gasteiger partial charge on any atom is 0.237 e. The van der Waals surface area contributed by atoms with Crippen molar-refractivity contribution in [3.8, 4) is 0 Å². The lowest BCUT2D eigenvalue weighted by molar-refractivity contribution is -0.133. The maximum absolute atomic E-state index is 13.2. The summed E-state index contributed by atoms with van der Waals surface area (Å²) in [5.41, 5.74) is 3.67. The van der Waals surface area contributed by atoms with Crippen molar-refractivity contribution in [2.45, 2.75) is 32.4 Å². The lowest BCUT2D eigenvalue weighted by Gasteiger charge is -2.44. The highest BCUT2D eigenvalue weighted by Gasteiger charge is 2.33. The quantitative estimate of drug-likeness (QED) is 0.663. The molecule has 4 heterocycles. The molecule has 8 heteroatoms. The number of fused-ring (bicyclic) bond motifs is 1. The number of para-hydroxylation sites is 1. The van der Waals surface area contributed by atoms with Crippen molar-refractivity contribution in [3.63, 3.8) is 0 Å². The van der Waals surface area contributed by atoms with E-state index < -0.39 is 5.82 Å². The Morgan fingerprint density at radius 2 is 1.88 bits per heavy atom. The Kier molecular flexibility index (Phi) is 5.85. The third-order valence-electron chi connectivity index (χ3n) is 6.81. The van der Waals surface area contributed by atoms with Crippen LogP contribution in [0.4, 0.5) is 10.3 Å². The third kappa shape index (κ3) is 4.35. The summed E-state index contributed by atoms with van der Waals surface area (Å²) in [5, 5.41) is 1.23. The molecule has 172 valence electrons. The maximum atomic E-state index is 13.2. The van der Waals surface area contributed by atoms with E-state index in [9.17, 15) is 9.18 Å². The van der Waals surface area contributed by atoms with Crippen LogP contribution in [0, 0.1) is 5.82 Å². The summed E-state index contributed by atoms with van der Waals surface area (Å²) in [6, 6.07) is 8.64. The SMILES string of the molecule is C[C@@H]1CN(c2ncc(F)cn2)C[C@H](C)N1CC(=O)N1CC=C(c2c[nH]c3ccccc23)CC1. The van der Waals surface area contributed by atoms with Gasteiger partial charge in [-0.1, -0.05) is 24.3 Å². The zero-order chi connectivity index (χ0) is 22.9. The van der Waals surface area contributed by atoms with E-state index >= 15 is 0 Å². The molecule has 2 aliphatic heterocycles. The number of H-pyrrole nitrogens is 1. The molecule has 0 saturated carbocycles. The molecule has 2 aliphatic rings. The lowest BCUT2D eigenvalue weighted by Crippen LogP contribution is -2.59. The molecule has 1 saturated heterocycles. The van der Waals surface area contributed by atoms with Gasteiger partial charge < -0.3 is 14.8 Å². The minimum atomic E-state index is -0.437. The Hall–Kier alpha value is -3.26. The first kappa shape index (κ1) is 21.6. The molecule has 2 aromatic heterocycles. The molecule has 2 atom stereocenters. The van der Waals surface area contributed by atoms with Crippen LogP contribution in [-0.2, 0) is 4.79 Å². The Bertz CT molecular complexity index is 1160. The second-order valence-corrected chi connectivity index (χ2v) is 9.04. The van der Waals surface area contributed by atoms with Crippen molar-refractivity contribution in [3.05, 3.63) is 60.3 Å². The Morgan fingerprint density at radius 1 is 1.15 bits per heavy atom. The predicted octanol–water partition coefficient (Wildman–Crippen LogP) is 3.31. The van der Waals surface area contributed by atoms with Crippen LogP contribution in [0.25, 0.3) is 16.5 Å². The van der Waals surface area contributed by atoms with Crippen LogP contribution in [-0.4, -0.2) is 75.5 Å². The van der Waals surface area contributed by atoms with Gasteiger partial charge in [0.25, 0.3) is 0 Å². The molecular formula is C25H29FN6O. The standard InChI is InChI=1S/C25H29FN6O/c1-17-14-31(25-28-11-20(26)12-29-25)15-18(2)32(17)16-24(33)30-9-7-19(8-10-30)22-13-27-23-6-4-3-5-21(22)23/h3-7,11-13,17-18,27H,8-10,14-16H2,1-2H3/t17-,18+. The average molecular weight is 449 g/mol. The number of carbonyl (C=O) groups excluding carboxylic acids is 1. The Labute approximate surface area is 192 Å². The van der Waals surface area contributed by atoms with E-state index in [0.717, 1.165) is 18.5 Å². The number of piperazine rings is 1. The van der Waals surface area contributed by atoms with E-state index in [-0.39, 0.29) is 18.0 Å². The van der Waals surface area contributed by atoms with Gasteiger partial charge in [-0.2, -0.15) is 0 Å². The molecule has 0 bridgehead atoms. The highest BCUT2D eigenvalue weighted by atomic mass is 19.1. The van der Waals surface area contributed by atoms with Crippen LogP contribution < -0.4 is 4.90 Å². The van der Waals surface area contributed by atoms with E-state index in [1.54, 1.807) is 0 Å². The van der Waals surface area contributed by atoms with Crippen LogP contribution in [0.3, 0.4) is 0 Å². The summed E-state index contributed by atoms with van der Waals surface area (Å²) < 4.78 is 13.2. The third-order valence-corrected chi connectivity index (χ3v) is 6.81. The molecule has 1 N–H and O–H groups in total. The minimum absolute atomic E-state index is 0.161. The highest BCUT2D eigenvalue weighted by molar-refractivity contribution is 5.93. The number of amides is 1. The number of rotatable bonds is 4. The molecule has 1 fully saturated rings. The van der Waals surface area contributed by atoms with Gasteiger partial charge in [-0.3, -0.25) is 9.69 Å². The van der Waals surface area contributed by atoms with Gasteiger partial charge >= 0.3 is 0 Å². The fourth-order valence-electron chi connectivity index (χ4n) is 5.03. The second kappa shape index (κ2) is 8.94. The molecule has 1 amide bonds. The van der Waals surface area contributed by atoms with Crippen molar-refractivity contribution in [2.24, 2.45) is 0 Å². The zero-order valence-electron chi connectivity index (χ0n) is 19.0. The number of anilines is 1.